The van der Waals surface area contributed by atoms with Gasteiger partial charge in [-0.2, -0.15) is 0 Å². The van der Waals surface area contributed by atoms with Gasteiger partial charge in [-0.1, -0.05) is 11.2 Å². The molecule has 1 aliphatic rings. The number of carbonyl (C=O) groups is 2. The van der Waals surface area contributed by atoms with Gasteiger partial charge in [0.2, 0.25) is 0 Å². The molecule has 0 spiro atoms. The highest BCUT2D eigenvalue weighted by molar-refractivity contribution is 5.90. The van der Waals surface area contributed by atoms with E-state index in [9.17, 15) is 9.59 Å². The number of hydrogen-bond acceptors (Lipinski definition) is 6. The number of ether oxygens (including phenoxy) is 1. The van der Waals surface area contributed by atoms with Gasteiger partial charge in [0, 0.05) is 32.1 Å². The Hall–Kier alpha value is -2.32. The lowest BCUT2D eigenvalue weighted by molar-refractivity contribution is -0.140. The molecule has 1 unspecified atom stereocenters. The zero-order valence-electron chi connectivity index (χ0n) is 13.6. The van der Waals surface area contributed by atoms with Gasteiger partial charge in [-0.25, -0.2) is 14.6 Å². The minimum atomic E-state index is -0.840. The van der Waals surface area contributed by atoms with Crippen LogP contribution in [0.15, 0.2) is 29.5 Å². The molecule has 0 saturated carbocycles. The number of nitrogens with two attached hydrogens (primary N) is 1. The molecule has 1 aliphatic heterocycles. The number of quaternary nitrogens is 1. The van der Waals surface area contributed by atoms with Crippen LogP contribution in [0.4, 0.5) is 10.6 Å². The fourth-order valence-corrected chi connectivity index (χ4v) is 2.20. The van der Waals surface area contributed by atoms with E-state index >= 15 is 0 Å². The van der Waals surface area contributed by atoms with E-state index in [-0.39, 0.29) is 24.8 Å². The molecule has 0 aromatic carbocycles. The summed E-state index contributed by atoms with van der Waals surface area (Å²) < 4.78 is 4.42. The van der Waals surface area contributed by atoms with Crippen molar-refractivity contribution >= 4 is 24.5 Å². The Morgan fingerprint density at radius 3 is 2.57 bits per heavy atom. The van der Waals surface area contributed by atoms with Gasteiger partial charge < -0.3 is 9.64 Å². The van der Waals surface area contributed by atoms with Crippen molar-refractivity contribution in [3.8, 4) is 0 Å². The van der Waals surface area contributed by atoms with Crippen molar-refractivity contribution < 1.29 is 14.3 Å². The van der Waals surface area contributed by atoms with Crippen molar-refractivity contribution in [3.05, 3.63) is 24.4 Å². The summed E-state index contributed by atoms with van der Waals surface area (Å²) in [4.78, 5) is 30.1. The molecular weight excluding hydrogens is 298 g/mol. The Kier molecular flexibility index (Phi) is 4.49. The monoisotopic (exact) mass is 320 g/mol. The Morgan fingerprint density at radius 2 is 2.09 bits per heavy atom. The van der Waals surface area contributed by atoms with Gasteiger partial charge in [-0.05, 0) is 31.5 Å². The van der Waals surface area contributed by atoms with Crippen LogP contribution in [0.5, 0.6) is 0 Å². The summed E-state index contributed by atoms with van der Waals surface area (Å²) in [7, 11) is 0. The first-order valence-electron chi connectivity index (χ1n) is 7.27. The van der Waals surface area contributed by atoms with E-state index in [0.29, 0.717) is 0 Å². The normalized spacial score (nSPS) is 17.8. The van der Waals surface area contributed by atoms with E-state index in [1.807, 2.05) is 0 Å². The highest BCUT2D eigenvalue weighted by Gasteiger charge is 2.49. The van der Waals surface area contributed by atoms with E-state index in [4.69, 9.17) is 10.6 Å². The van der Waals surface area contributed by atoms with E-state index in [1.165, 1.54) is 11.1 Å². The average Bonchev–Trinajstić information content (AvgIpc) is 2.43. The second kappa shape index (κ2) is 6.05. The van der Waals surface area contributed by atoms with Gasteiger partial charge in [0.1, 0.15) is 11.5 Å². The number of rotatable bonds is 3. The maximum Gasteiger partial charge on any atom is 0.410 e. The standard InChI is InChI=1S/C15H22N5O3/c1-15(2,3)23-14(22)19-9-11(10-19)13(21)20(16,17-4)12-7-5-6-8-18-12/h5-8,11H,4,9-10,16H2,1-3H3/q+1. The first-order valence-corrected chi connectivity index (χ1v) is 7.27. The fourth-order valence-electron chi connectivity index (χ4n) is 2.20. The Bertz CT molecular complexity index is 607. The molecule has 2 rings (SSSR count). The number of amides is 2. The molecule has 1 aromatic heterocycles. The number of hydrogen-bond donors (Lipinski definition) is 1. The highest BCUT2D eigenvalue weighted by Crippen LogP contribution is 2.26. The molecule has 1 aromatic rings. The third-order valence-electron chi connectivity index (χ3n) is 3.44. The van der Waals surface area contributed by atoms with E-state index in [1.54, 1.807) is 39.0 Å². The molecule has 1 saturated heterocycles. The van der Waals surface area contributed by atoms with Gasteiger partial charge in [0.25, 0.3) is 5.82 Å². The van der Waals surface area contributed by atoms with Crippen LogP contribution in [0.1, 0.15) is 20.8 Å². The maximum absolute atomic E-state index is 12.6. The first-order chi connectivity index (χ1) is 10.7. The number of aromatic nitrogens is 1. The SMILES string of the molecule is C=N[N+](N)(C(=O)C1CN(C(=O)OC(C)(C)C)C1)c1ccccn1. The van der Waals surface area contributed by atoms with Gasteiger partial charge in [-0.3, -0.25) is 0 Å². The van der Waals surface area contributed by atoms with Crippen LogP contribution < -0.4 is 10.5 Å². The molecule has 2 N–H and O–H groups in total. The third-order valence-corrected chi connectivity index (χ3v) is 3.44. The van der Waals surface area contributed by atoms with E-state index in [0.717, 1.165) is 0 Å². The van der Waals surface area contributed by atoms with Crippen LogP contribution in [0, 0.1) is 5.92 Å². The summed E-state index contributed by atoms with van der Waals surface area (Å²) in [6.45, 7) is 9.26. The van der Waals surface area contributed by atoms with Crippen molar-refractivity contribution in [1.82, 2.24) is 14.6 Å². The summed E-state index contributed by atoms with van der Waals surface area (Å²) in [5.41, 5.74) is -0.573. The van der Waals surface area contributed by atoms with Gasteiger partial charge >= 0.3 is 12.0 Å². The topological polar surface area (TPSA) is 97.9 Å². The zero-order chi connectivity index (χ0) is 17.3. The van der Waals surface area contributed by atoms with Crippen LogP contribution in [-0.4, -0.2) is 47.3 Å². The van der Waals surface area contributed by atoms with Crippen molar-refractivity contribution in [1.29, 1.82) is 0 Å². The molecule has 0 radical (unpaired) electrons. The number of carbonyl (C=O) groups excluding carboxylic acids is 2. The largest absolute Gasteiger partial charge is 0.444 e. The summed E-state index contributed by atoms with van der Waals surface area (Å²) in [6.07, 6.45) is 1.09. The smallest absolute Gasteiger partial charge is 0.410 e. The quantitative estimate of drug-likeness (QED) is 0.297. The third kappa shape index (κ3) is 3.54. The van der Waals surface area contributed by atoms with Crippen molar-refractivity contribution in [3.63, 3.8) is 0 Å². The van der Waals surface area contributed by atoms with Crippen LogP contribution in [0.3, 0.4) is 0 Å². The second-order valence-corrected chi connectivity index (χ2v) is 6.44. The Morgan fingerprint density at radius 1 is 1.43 bits per heavy atom. The fraction of sp³-hybridized carbons (Fsp3) is 0.467. The molecular formula is C15H22N5O3+. The molecule has 1 atom stereocenters. The van der Waals surface area contributed by atoms with Gasteiger partial charge in [0.15, 0.2) is 0 Å². The first kappa shape index (κ1) is 17.0. The summed E-state index contributed by atoms with van der Waals surface area (Å²) in [5, 5.41) is 3.74. The second-order valence-electron chi connectivity index (χ2n) is 6.44. The van der Waals surface area contributed by atoms with Crippen molar-refractivity contribution in [2.24, 2.45) is 16.9 Å². The van der Waals surface area contributed by atoms with Crippen LogP contribution in [0.2, 0.25) is 0 Å². The molecule has 0 bridgehead atoms. The number of pyridine rings is 1. The molecule has 2 heterocycles. The minimum Gasteiger partial charge on any atom is -0.444 e. The van der Waals surface area contributed by atoms with Crippen LogP contribution in [0.25, 0.3) is 0 Å². The van der Waals surface area contributed by atoms with Crippen LogP contribution in [-0.2, 0) is 9.53 Å². The zero-order valence-corrected chi connectivity index (χ0v) is 13.6. The number of likely N-dealkylation sites (tertiary alicyclic amines) is 1. The summed E-state index contributed by atoms with van der Waals surface area (Å²) in [5.74, 6) is 5.55. The average molecular weight is 320 g/mol. The van der Waals surface area contributed by atoms with Gasteiger partial charge in [0.05, 0.1) is 0 Å². The lowest BCUT2D eigenvalue weighted by Crippen LogP contribution is -2.65. The Labute approximate surface area is 135 Å². The number of nitrogens with zero attached hydrogens (tertiary/aromatic N) is 4. The lowest BCUT2D eigenvalue weighted by Gasteiger charge is -2.39. The van der Waals surface area contributed by atoms with Gasteiger partial charge in [-0.15, -0.1) is 5.84 Å². The van der Waals surface area contributed by atoms with Crippen molar-refractivity contribution in [2.45, 2.75) is 26.4 Å². The summed E-state index contributed by atoms with van der Waals surface area (Å²) >= 11 is 0. The minimum absolute atomic E-state index is 0.243. The Balaban J connectivity index is 2.03. The van der Waals surface area contributed by atoms with Crippen molar-refractivity contribution in [2.75, 3.05) is 13.1 Å². The molecule has 8 nitrogen and oxygen atoms in total. The molecule has 0 aliphatic carbocycles. The molecule has 1 fully saturated rings. The lowest BCUT2D eigenvalue weighted by atomic mass is 9.99. The summed E-state index contributed by atoms with van der Waals surface area (Å²) in [6, 6.07) is 5.04. The molecule has 8 heteroatoms. The van der Waals surface area contributed by atoms with E-state index in [2.05, 4.69) is 16.8 Å². The maximum atomic E-state index is 12.6. The molecule has 2 amide bonds. The van der Waals surface area contributed by atoms with Crippen LogP contribution >= 0.6 is 0 Å². The molecule has 124 valence electrons. The predicted molar refractivity (Wildman–Crippen MR) is 86.1 cm³/mol. The highest BCUT2D eigenvalue weighted by atomic mass is 16.6. The predicted octanol–water partition coefficient (Wildman–Crippen LogP) is 1.27. The van der Waals surface area contributed by atoms with E-state index < -0.39 is 22.3 Å². The molecule has 23 heavy (non-hydrogen) atoms.